The maximum atomic E-state index is 13.6. The van der Waals surface area contributed by atoms with Gasteiger partial charge in [-0.3, -0.25) is 4.79 Å². The molecule has 33 heavy (non-hydrogen) atoms. The Morgan fingerprint density at radius 3 is 2.70 bits per heavy atom. The van der Waals surface area contributed by atoms with Crippen molar-refractivity contribution >= 4 is 38.7 Å². The van der Waals surface area contributed by atoms with Crippen LogP contribution in [-0.4, -0.2) is 41.4 Å². The number of hydrogen-bond acceptors (Lipinski definition) is 9. The van der Waals surface area contributed by atoms with Crippen molar-refractivity contribution in [3.8, 4) is 0 Å². The molecule has 4 heterocycles. The first-order valence-corrected chi connectivity index (χ1v) is 12.9. The molecule has 1 aliphatic heterocycles. The normalized spacial score (nSPS) is 17.8. The van der Waals surface area contributed by atoms with Gasteiger partial charge in [0.1, 0.15) is 22.2 Å². The number of nitrogens with zero attached hydrogens (tertiary/aromatic N) is 4. The van der Waals surface area contributed by atoms with Crippen LogP contribution in [0, 0.1) is 5.92 Å². The lowest BCUT2D eigenvalue weighted by atomic mass is 9.97. The van der Waals surface area contributed by atoms with Crippen molar-refractivity contribution in [1.29, 1.82) is 0 Å². The topological polar surface area (TPSA) is 131 Å². The predicted octanol–water partition coefficient (Wildman–Crippen LogP) is 3.10. The quantitative estimate of drug-likeness (QED) is 0.521. The second-order valence-corrected chi connectivity index (χ2v) is 11.6. The van der Waals surface area contributed by atoms with E-state index in [9.17, 15) is 13.2 Å². The first kappa shape index (κ1) is 23.1. The highest BCUT2D eigenvalue weighted by molar-refractivity contribution is 7.91. The maximum Gasteiger partial charge on any atom is 0.253 e. The molecule has 0 saturated carbocycles. The lowest BCUT2D eigenvalue weighted by molar-refractivity contribution is 0.0997. The predicted molar refractivity (Wildman–Crippen MR) is 127 cm³/mol. The molecule has 4 rings (SSSR count). The van der Waals surface area contributed by atoms with Crippen molar-refractivity contribution in [1.82, 2.24) is 15.0 Å². The average molecular weight is 487 g/mol. The lowest BCUT2D eigenvalue weighted by Gasteiger charge is -2.33. The highest BCUT2D eigenvalue weighted by atomic mass is 32.2. The van der Waals surface area contributed by atoms with Crippen molar-refractivity contribution in [2.75, 3.05) is 16.8 Å². The van der Waals surface area contributed by atoms with E-state index in [0.717, 1.165) is 11.4 Å². The van der Waals surface area contributed by atoms with Crippen LogP contribution in [-0.2, 0) is 16.4 Å². The molecule has 1 amide bonds. The number of primary amides is 1. The third-order valence-electron chi connectivity index (χ3n) is 5.66. The molecular formula is C22H26N6O3S2. The number of carbonyl (C=O) groups is 1. The summed E-state index contributed by atoms with van der Waals surface area (Å²) in [5.74, 6) is 0.196. The van der Waals surface area contributed by atoms with Crippen molar-refractivity contribution in [2.45, 2.75) is 49.2 Å². The molecule has 3 aromatic rings. The Morgan fingerprint density at radius 1 is 1.27 bits per heavy atom. The third-order valence-corrected chi connectivity index (χ3v) is 8.14. The summed E-state index contributed by atoms with van der Waals surface area (Å²) in [5.41, 5.74) is 5.30. The van der Waals surface area contributed by atoms with Gasteiger partial charge in [-0.1, -0.05) is 13.0 Å². The summed E-state index contributed by atoms with van der Waals surface area (Å²) in [5, 5.41) is 5.61. The number of anilines is 2. The van der Waals surface area contributed by atoms with E-state index in [1.807, 2.05) is 24.1 Å². The van der Waals surface area contributed by atoms with Gasteiger partial charge in [-0.15, -0.1) is 11.3 Å². The minimum absolute atomic E-state index is 0.109. The van der Waals surface area contributed by atoms with E-state index in [2.05, 4.69) is 27.2 Å². The molecular weight excluding hydrogens is 460 g/mol. The summed E-state index contributed by atoms with van der Waals surface area (Å²) in [6.07, 6.45) is 3.99. The van der Waals surface area contributed by atoms with Gasteiger partial charge in [0.05, 0.1) is 11.4 Å². The largest absolute Gasteiger partial charge is 0.365 e. The van der Waals surface area contributed by atoms with Crippen molar-refractivity contribution in [3.05, 3.63) is 52.6 Å². The summed E-state index contributed by atoms with van der Waals surface area (Å²) < 4.78 is 27.2. The van der Waals surface area contributed by atoms with Crippen molar-refractivity contribution < 1.29 is 13.2 Å². The number of hydrogen-bond donors (Lipinski definition) is 2. The fourth-order valence-electron chi connectivity index (χ4n) is 4.34. The molecule has 1 aliphatic rings. The molecule has 0 aromatic carbocycles. The van der Waals surface area contributed by atoms with Crippen LogP contribution >= 0.6 is 11.3 Å². The second-order valence-electron chi connectivity index (χ2n) is 8.75. The van der Waals surface area contributed by atoms with Gasteiger partial charge in [0.25, 0.3) is 5.91 Å². The zero-order valence-electron chi connectivity index (χ0n) is 18.6. The molecule has 3 N–H and O–H groups in total. The molecule has 174 valence electrons. The molecule has 1 unspecified atom stereocenters. The van der Waals surface area contributed by atoms with Crippen molar-refractivity contribution in [3.63, 3.8) is 0 Å². The number of pyridine rings is 2. The van der Waals surface area contributed by atoms with E-state index in [-0.39, 0.29) is 26.8 Å². The van der Waals surface area contributed by atoms with Gasteiger partial charge in [0, 0.05) is 29.9 Å². The smallest absolute Gasteiger partial charge is 0.253 e. The maximum absolute atomic E-state index is 13.6. The Kier molecular flexibility index (Phi) is 6.10. The molecule has 0 aliphatic carbocycles. The second kappa shape index (κ2) is 8.71. The molecule has 0 radical (unpaired) electrons. The number of rotatable bonds is 7. The van der Waals surface area contributed by atoms with E-state index in [1.165, 1.54) is 29.7 Å². The molecule has 1 saturated heterocycles. The van der Waals surface area contributed by atoms with Crippen LogP contribution < -0.4 is 16.0 Å². The first-order valence-electron chi connectivity index (χ1n) is 10.5. The number of nitrogens with one attached hydrogen (secondary N) is 1. The van der Waals surface area contributed by atoms with Gasteiger partial charge in [-0.05, 0) is 44.4 Å². The molecule has 9 nitrogen and oxygen atoms in total. The Bertz CT molecular complexity index is 1280. The summed E-state index contributed by atoms with van der Waals surface area (Å²) in [6, 6.07) is 5.98. The van der Waals surface area contributed by atoms with Gasteiger partial charge < -0.3 is 16.0 Å². The molecule has 3 aromatic heterocycles. The van der Waals surface area contributed by atoms with Gasteiger partial charge in [0.15, 0.2) is 5.03 Å². The Morgan fingerprint density at radius 2 is 2.06 bits per heavy atom. The zero-order chi connectivity index (χ0) is 23.8. The van der Waals surface area contributed by atoms with Crippen LogP contribution in [0.25, 0.3) is 0 Å². The summed E-state index contributed by atoms with van der Waals surface area (Å²) in [4.78, 5) is 27.1. The lowest BCUT2D eigenvalue weighted by Crippen LogP contribution is -2.40. The summed E-state index contributed by atoms with van der Waals surface area (Å²) in [6.45, 7) is 7.27. The Balaban J connectivity index is 1.74. The van der Waals surface area contributed by atoms with Crippen molar-refractivity contribution in [2.24, 2.45) is 11.7 Å². The highest BCUT2D eigenvalue weighted by Crippen LogP contribution is 2.39. The number of amides is 1. The van der Waals surface area contributed by atoms with Crippen LogP contribution in [0.3, 0.4) is 0 Å². The molecule has 1 fully saturated rings. The van der Waals surface area contributed by atoms with E-state index >= 15 is 0 Å². The van der Waals surface area contributed by atoms with E-state index < -0.39 is 15.7 Å². The van der Waals surface area contributed by atoms with E-state index in [0.29, 0.717) is 24.8 Å². The molecule has 0 bridgehead atoms. The summed E-state index contributed by atoms with van der Waals surface area (Å²) in [7, 11) is -4.14. The number of carbonyl (C=O) groups excluding carboxylic acids is 1. The third kappa shape index (κ3) is 4.55. The van der Waals surface area contributed by atoms with Gasteiger partial charge in [-0.2, -0.15) is 0 Å². The van der Waals surface area contributed by atoms with Crippen LogP contribution in [0.2, 0.25) is 0 Å². The van der Waals surface area contributed by atoms with E-state index in [1.54, 1.807) is 18.3 Å². The summed E-state index contributed by atoms with van der Waals surface area (Å²) >= 11 is 1.48. The fourth-order valence-corrected chi connectivity index (χ4v) is 6.29. The van der Waals surface area contributed by atoms with Gasteiger partial charge >= 0.3 is 0 Å². The SMILES string of the molecule is CC1CN(c2nccc(S(=O)(=O)c3cccc(NCc4nccs4)n3)c2C(N)=O)C(C)(C)C1. The Hall–Kier alpha value is -3.05. The van der Waals surface area contributed by atoms with Gasteiger partial charge in [-0.25, -0.2) is 23.4 Å². The van der Waals surface area contributed by atoms with Crippen LogP contribution in [0.1, 0.15) is 42.6 Å². The number of aromatic nitrogens is 3. The van der Waals surface area contributed by atoms with Crippen LogP contribution in [0.15, 0.2) is 52.0 Å². The van der Waals surface area contributed by atoms with E-state index in [4.69, 9.17) is 5.73 Å². The standard InChI is InChI=1S/C22H26N6O3S2/c1-14-11-22(2,3)28(13-14)21-19(20(23)29)15(7-8-25-21)33(30,31)18-6-4-5-16(27-18)26-12-17-24-9-10-32-17/h4-10,14H,11-13H2,1-3H3,(H2,23,29)(H,26,27). The minimum atomic E-state index is -4.14. The average Bonchev–Trinajstić information content (AvgIpc) is 3.38. The highest BCUT2D eigenvalue weighted by Gasteiger charge is 2.40. The molecule has 1 atom stereocenters. The van der Waals surface area contributed by atoms with Crippen LogP contribution in [0.5, 0.6) is 0 Å². The fraction of sp³-hybridized carbons (Fsp3) is 0.364. The molecule has 11 heteroatoms. The number of sulfone groups is 1. The monoisotopic (exact) mass is 486 g/mol. The van der Waals surface area contributed by atoms with Gasteiger partial charge in [0.2, 0.25) is 9.84 Å². The number of thiazole rings is 1. The first-order chi connectivity index (χ1) is 15.6. The Labute approximate surface area is 197 Å². The number of nitrogens with two attached hydrogens (primary N) is 1. The minimum Gasteiger partial charge on any atom is -0.365 e. The zero-order valence-corrected chi connectivity index (χ0v) is 20.3. The molecule has 0 spiro atoms. The van der Waals surface area contributed by atoms with Crippen LogP contribution in [0.4, 0.5) is 11.6 Å².